The summed E-state index contributed by atoms with van der Waals surface area (Å²) in [5.41, 5.74) is 0.187. The summed E-state index contributed by atoms with van der Waals surface area (Å²) in [6.45, 7) is 0. The molecule has 0 amide bonds. The van der Waals surface area contributed by atoms with Crippen molar-refractivity contribution in [2.75, 3.05) is 0 Å². The normalized spacial score (nSPS) is 11.2. The Hall–Kier alpha value is -0.630. The Bertz CT molecular complexity index is 368. The van der Waals surface area contributed by atoms with E-state index < -0.39 is 0 Å². The summed E-state index contributed by atoms with van der Waals surface area (Å²) < 4.78 is 0.921. The summed E-state index contributed by atoms with van der Waals surface area (Å²) in [4.78, 5) is 10.7. The third-order valence-electron chi connectivity index (χ3n) is 1.42. The van der Waals surface area contributed by atoms with Crippen LogP contribution >= 0.6 is 15.9 Å². The maximum absolute atomic E-state index is 10.7. The van der Waals surface area contributed by atoms with Crippen molar-refractivity contribution in [1.29, 1.82) is 0 Å². The van der Waals surface area contributed by atoms with E-state index >= 15 is 0 Å². The number of halogens is 1. The zero-order valence-electron chi connectivity index (χ0n) is 4.52. The molecule has 0 atom stereocenters. The van der Waals surface area contributed by atoms with Gasteiger partial charge in [0.1, 0.15) is 0 Å². The van der Waals surface area contributed by atoms with Crippen molar-refractivity contribution < 1.29 is 0 Å². The Kier molecular flexibility index (Phi) is 0.833. The fourth-order valence-electron chi connectivity index (χ4n) is 0.892. The first-order valence-corrected chi connectivity index (χ1v) is 3.43. The van der Waals surface area contributed by atoms with Crippen LogP contribution in [0.5, 0.6) is 0 Å². The molecular weight excluding hydrogens is 180 g/mol. The van der Waals surface area contributed by atoms with E-state index in [1.54, 1.807) is 0 Å². The molecule has 0 N–H and O–H groups in total. The van der Waals surface area contributed by atoms with E-state index in [1.807, 2.05) is 18.2 Å². The van der Waals surface area contributed by atoms with Crippen LogP contribution < -0.4 is 5.43 Å². The van der Waals surface area contributed by atoms with Crippen molar-refractivity contribution in [2.45, 2.75) is 0 Å². The van der Waals surface area contributed by atoms with E-state index in [0.717, 1.165) is 15.2 Å². The molecule has 0 aliphatic rings. The van der Waals surface area contributed by atoms with Crippen molar-refractivity contribution in [3.63, 3.8) is 0 Å². The minimum Gasteiger partial charge on any atom is -0.289 e. The maximum Gasteiger partial charge on any atom is 0.195 e. The summed E-state index contributed by atoms with van der Waals surface area (Å²) in [6, 6.07) is 5.58. The smallest absolute Gasteiger partial charge is 0.195 e. The molecule has 2 rings (SSSR count). The van der Waals surface area contributed by atoms with E-state index in [2.05, 4.69) is 15.9 Å². The molecule has 0 bridgehead atoms. The highest BCUT2D eigenvalue weighted by Gasteiger charge is 2.13. The van der Waals surface area contributed by atoms with Gasteiger partial charge in [-0.2, -0.15) is 0 Å². The first-order chi connectivity index (χ1) is 4.30. The predicted molar refractivity (Wildman–Crippen MR) is 40.3 cm³/mol. The largest absolute Gasteiger partial charge is 0.289 e. The molecule has 0 fully saturated rings. The monoisotopic (exact) mass is 182 g/mol. The average Bonchev–Trinajstić information content (AvgIpc) is 2.45. The molecule has 9 heavy (non-hydrogen) atoms. The first-order valence-electron chi connectivity index (χ1n) is 2.64. The van der Waals surface area contributed by atoms with Gasteiger partial charge in [-0.3, -0.25) is 4.79 Å². The number of hydrogen-bond acceptors (Lipinski definition) is 1. The number of benzene rings is 1. The van der Waals surface area contributed by atoms with Crippen LogP contribution in [0.15, 0.2) is 27.5 Å². The SMILES string of the molecule is O=c1c2cccc(Br)c12. The Morgan fingerprint density at radius 1 is 1.33 bits per heavy atom. The Morgan fingerprint density at radius 2 is 2.11 bits per heavy atom. The number of rotatable bonds is 0. The molecule has 2 heteroatoms. The minimum absolute atomic E-state index is 0.187. The molecule has 0 unspecified atom stereocenters. The van der Waals surface area contributed by atoms with Crippen LogP contribution in [0.2, 0.25) is 0 Å². The van der Waals surface area contributed by atoms with Crippen LogP contribution in [-0.4, -0.2) is 0 Å². The molecule has 0 saturated carbocycles. The van der Waals surface area contributed by atoms with Gasteiger partial charge in [0, 0.05) is 15.2 Å². The third kappa shape index (κ3) is 0.566. The first kappa shape index (κ1) is 5.18. The summed E-state index contributed by atoms with van der Waals surface area (Å²) >= 11 is 3.27. The van der Waals surface area contributed by atoms with Crippen molar-refractivity contribution in [1.82, 2.24) is 0 Å². The zero-order chi connectivity index (χ0) is 6.43. The van der Waals surface area contributed by atoms with E-state index in [0.29, 0.717) is 0 Å². The second kappa shape index (κ2) is 1.45. The molecule has 0 heterocycles. The van der Waals surface area contributed by atoms with Crippen molar-refractivity contribution in [3.05, 3.63) is 32.9 Å². The number of fused-ring (bicyclic) bond motifs is 1. The molecular formula is C7H3BrO. The molecule has 2 aromatic carbocycles. The lowest BCUT2D eigenvalue weighted by Crippen LogP contribution is -1.67. The van der Waals surface area contributed by atoms with Gasteiger partial charge in [0.05, 0.1) is 0 Å². The highest BCUT2D eigenvalue weighted by Crippen LogP contribution is 2.23. The lowest BCUT2D eigenvalue weighted by molar-refractivity contribution is 1.83. The van der Waals surface area contributed by atoms with Gasteiger partial charge in [-0.15, -0.1) is 0 Å². The Labute approximate surface area is 60.1 Å². The molecule has 44 valence electrons. The second-order valence-electron chi connectivity index (χ2n) is 1.99. The maximum atomic E-state index is 10.7. The molecule has 0 aromatic heterocycles. The predicted octanol–water partition coefficient (Wildman–Crippen LogP) is 1.84. The highest BCUT2D eigenvalue weighted by molar-refractivity contribution is 9.10. The molecule has 0 aliphatic heterocycles. The summed E-state index contributed by atoms with van der Waals surface area (Å²) in [5.74, 6) is 0. The van der Waals surface area contributed by atoms with Crippen LogP contribution in [0.25, 0.3) is 10.8 Å². The van der Waals surface area contributed by atoms with Crippen molar-refractivity contribution >= 4 is 26.7 Å². The van der Waals surface area contributed by atoms with Gasteiger partial charge < -0.3 is 0 Å². The van der Waals surface area contributed by atoms with E-state index in [4.69, 9.17) is 0 Å². The van der Waals surface area contributed by atoms with Crippen LogP contribution in [0.1, 0.15) is 0 Å². The van der Waals surface area contributed by atoms with Gasteiger partial charge in [0.15, 0.2) is 5.43 Å². The van der Waals surface area contributed by atoms with Gasteiger partial charge in [-0.1, -0.05) is 28.1 Å². The zero-order valence-corrected chi connectivity index (χ0v) is 6.10. The Balaban J connectivity index is 2.98. The van der Waals surface area contributed by atoms with Gasteiger partial charge in [-0.05, 0) is 6.07 Å². The van der Waals surface area contributed by atoms with Gasteiger partial charge in [0.2, 0.25) is 0 Å². The van der Waals surface area contributed by atoms with Crippen molar-refractivity contribution in [2.24, 2.45) is 0 Å². The van der Waals surface area contributed by atoms with Crippen molar-refractivity contribution in [3.8, 4) is 0 Å². The summed E-state index contributed by atoms with van der Waals surface area (Å²) in [5, 5.41) is 1.72. The second-order valence-corrected chi connectivity index (χ2v) is 2.85. The van der Waals surface area contributed by atoms with Gasteiger partial charge in [-0.25, -0.2) is 0 Å². The molecule has 2 aromatic rings. The molecule has 0 spiro atoms. The Morgan fingerprint density at radius 3 is 2.67 bits per heavy atom. The molecule has 0 aliphatic carbocycles. The molecule has 0 saturated heterocycles. The van der Waals surface area contributed by atoms with Crippen LogP contribution in [0.4, 0.5) is 0 Å². The van der Waals surface area contributed by atoms with Crippen LogP contribution in [0, 0.1) is 0 Å². The highest BCUT2D eigenvalue weighted by atomic mass is 79.9. The van der Waals surface area contributed by atoms with Crippen LogP contribution in [0.3, 0.4) is 0 Å². The van der Waals surface area contributed by atoms with Gasteiger partial charge in [0.25, 0.3) is 0 Å². The lowest BCUT2D eigenvalue weighted by atomic mass is 10.4. The van der Waals surface area contributed by atoms with Crippen LogP contribution in [-0.2, 0) is 0 Å². The standard InChI is InChI=1S/C7H3BrO/c8-5-3-1-2-4-6(5)7(4)9/h1-3H. The lowest BCUT2D eigenvalue weighted by Gasteiger charge is -1.77. The van der Waals surface area contributed by atoms with E-state index in [1.165, 1.54) is 0 Å². The molecule has 0 radical (unpaired) electrons. The third-order valence-corrected chi connectivity index (χ3v) is 2.08. The van der Waals surface area contributed by atoms with E-state index in [9.17, 15) is 4.79 Å². The number of hydrogen-bond donors (Lipinski definition) is 0. The fourth-order valence-corrected chi connectivity index (χ4v) is 1.44. The summed E-state index contributed by atoms with van der Waals surface area (Å²) in [7, 11) is 0. The van der Waals surface area contributed by atoms with Gasteiger partial charge >= 0.3 is 0 Å². The quantitative estimate of drug-likeness (QED) is 0.608. The average molecular weight is 183 g/mol. The molecule has 1 nitrogen and oxygen atoms in total. The fraction of sp³-hybridized carbons (Fsp3) is 0. The summed E-state index contributed by atoms with van der Waals surface area (Å²) in [6.07, 6.45) is 0. The topological polar surface area (TPSA) is 17.1 Å². The minimum atomic E-state index is 0.187. The van der Waals surface area contributed by atoms with E-state index in [-0.39, 0.29) is 5.43 Å².